The third kappa shape index (κ3) is 3.91. The first-order valence-corrected chi connectivity index (χ1v) is 7.03. The van der Waals surface area contributed by atoms with E-state index in [1.807, 2.05) is 19.9 Å². The second-order valence-corrected chi connectivity index (χ2v) is 5.86. The molecule has 5 heteroatoms. The van der Waals surface area contributed by atoms with E-state index in [1.165, 1.54) is 0 Å². The van der Waals surface area contributed by atoms with Crippen LogP contribution in [-0.4, -0.2) is 21.8 Å². The van der Waals surface area contributed by atoms with E-state index < -0.39 is 0 Å². The molecule has 0 atom stereocenters. The van der Waals surface area contributed by atoms with Crippen LogP contribution in [0, 0.1) is 19.8 Å². The summed E-state index contributed by atoms with van der Waals surface area (Å²) in [4.78, 5) is 4.49. The van der Waals surface area contributed by atoms with Crippen LogP contribution in [0.5, 0.6) is 0 Å². The Morgan fingerprint density at radius 2 is 2.17 bits per heavy atom. The van der Waals surface area contributed by atoms with Crippen LogP contribution in [0.2, 0.25) is 0 Å². The largest absolute Gasteiger partial charge is 0.409 e. The number of nitrogens with two attached hydrogens (primary N) is 1. The Hall–Kier alpha value is -1.23. The molecule has 3 N–H and O–H groups in total. The first-order chi connectivity index (χ1) is 8.45. The predicted molar refractivity (Wildman–Crippen MR) is 76.4 cm³/mol. The van der Waals surface area contributed by atoms with Crippen molar-refractivity contribution in [1.29, 1.82) is 0 Å². The van der Waals surface area contributed by atoms with Crippen LogP contribution in [0.25, 0.3) is 0 Å². The molecule has 0 spiro atoms. The molecule has 0 aliphatic heterocycles. The molecule has 0 fully saturated rings. The molecule has 100 valence electrons. The average molecular weight is 267 g/mol. The summed E-state index contributed by atoms with van der Waals surface area (Å²) in [5.41, 5.74) is 8.41. The van der Waals surface area contributed by atoms with Crippen LogP contribution in [0.3, 0.4) is 0 Å². The summed E-state index contributed by atoms with van der Waals surface area (Å²) < 4.78 is 0. The second kappa shape index (κ2) is 6.64. The quantitative estimate of drug-likeness (QED) is 0.283. The lowest BCUT2D eigenvalue weighted by Gasteiger charge is -2.12. The highest BCUT2D eigenvalue weighted by atomic mass is 32.2. The number of thioether (sulfide) groups is 1. The van der Waals surface area contributed by atoms with E-state index in [1.54, 1.807) is 11.8 Å². The fourth-order valence-electron chi connectivity index (χ4n) is 1.66. The molecule has 1 aromatic rings. The average Bonchev–Trinajstić information content (AvgIpc) is 2.27. The van der Waals surface area contributed by atoms with Gasteiger partial charge in [0.15, 0.2) is 5.84 Å². The van der Waals surface area contributed by atoms with Crippen molar-refractivity contribution in [2.75, 3.05) is 5.75 Å². The minimum atomic E-state index is 0.132. The zero-order valence-corrected chi connectivity index (χ0v) is 12.2. The summed E-state index contributed by atoms with van der Waals surface area (Å²) in [6.07, 6.45) is 1.12. The first kappa shape index (κ1) is 14.8. The van der Waals surface area contributed by atoms with Crippen LogP contribution < -0.4 is 5.73 Å². The van der Waals surface area contributed by atoms with Crippen LogP contribution in [0.15, 0.2) is 16.2 Å². The molecule has 1 aromatic heterocycles. The number of rotatable bonds is 5. The van der Waals surface area contributed by atoms with Crippen LogP contribution in [0.4, 0.5) is 0 Å². The fraction of sp³-hybridized carbons (Fsp3) is 0.538. The molecule has 0 aliphatic rings. The maximum atomic E-state index is 8.85. The highest BCUT2D eigenvalue weighted by molar-refractivity contribution is 7.99. The summed E-state index contributed by atoms with van der Waals surface area (Å²) in [5.74, 6) is 1.78. The Labute approximate surface area is 113 Å². The van der Waals surface area contributed by atoms with Gasteiger partial charge in [0, 0.05) is 5.69 Å². The molecule has 4 nitrogen and oxygen atoms in total. The third-order valence-electron chi connectivity index (χ3n) is 2.61. The minimum Gasteiger partial charge on any atom is -0.409 e. The molecule has 0 saturated carbocycles. The minimum absolute atomic E-state index is 0.132. The van der Waals surface area contributed by atoms with Gasteiger partial charge in [-0.25, -0.2) is 4.98 Å². The van der Waals surface area contributed by atoms with Crippen LogP contribution >= 0.6 is 11.8 Å². The van der Waals surface area contributed by atoms with E-state index in [0.717, 1.165) is 34.0 Å². The van der Waals surface area contributed by atoms with Crippen molar-refractivity contribution >= 4 is 17.6 Å². The lowest BCUT2D eigenvalue weighted by atomic mass is 10.1. The lowest BCUT2D eigenvalue weighted by Crippen LogP contribution is -2.17. The molecule has 0 saturated heterocycles. The van der Waals surface area contributed by atoms with Gasteiger partial charge in [-0.05, 0) is 43.6 Å². The Bertz CT molecular complexity index is 444. The van der Waals surface area contributed by atoms with Crippen molar-refractivity contribution in [3.05, 3.63) is 22.9 Å². The van der Waals surface area contributed by atoms with E-state index in [-0.39, 0.29) is 5.84 Å². The second-order valence-electron chi connectivity index (χ2n) is 4.78. The molecule has 0 radical (unpaired) electrons. The number of amidine groups is 1. The van der Waals surface area contributed by atoms with E-state index in [2.05, 4.69) is 24.0 Å². The van der Waals surface area contributed by atoms with E-state index in [9.17, 15) is 0 Å². The Morgan fingerprint density at radius 1 is 1.50 bits per heavy atom. The number of oxime groups is 1. The van der Waals surface area contributed by atoms with Gasteiger partial charge in [-0.15, -0.1) is 11.8 Å². The summed E-state index contributed by atoms with van der Waals surface area (Å²) in [5, 5.41) is 12.8. The van der Waals surface area contributed by atoms with Crippen molar-refractivity contribution in [3.8, 4) is 0 Å². The van der Waals surface area contributed by atoms with Crippen LogP contribution in [0.1, 0.15) is 37.1 Å². The molecule has 18 heavy (non-hydrogen) atoms. The number of hydrogen-bond acceptors (Lipinski definition) is 4. The maximum absolute atomic E-state index is 8.85. The van der Waals surface area contributed by atoms with Crippen molar-refractivity contribution < 1.29 is 5.21 Å². The van der Waals surface area contributed by atoms with Gasteiger partial charge in [-0.1, -0.05) is 19.0 Å². The SMILES string of the molecule is Cc1cc(C)c(/C(N)=N/O)c(SCCC(C)C)n1. The fourth-order valence-corrected chi connectivity index (χ4v) is 3.06. The molecule has 0 bridgehead atoms. The summed E-state index contributed by atoms with van der Waals surface area (Å²) in [7, 11) is 0. The van der Waals surface area contributed by atoms with Gasteiger partial charge in [0.2, 0.25) is 0 Å². The normalized spacial score (nSPS) is 12.2. The lowest BCUT2D eigenvalue weighted by molar-refractivity contribution is 0.318. The van der Waals surface area contributed by atoms with Gasteiger partial charge in [0.05, 0.1) is 5.56 Å². The zero-order valence-electron chi connectivity index (χ0n) is 11.4. The Kier molecular flexibility index (Phi) is 5.47. The molecule has 1 rings (SSSR count). The van der Waals surface area contributed by atoms with E-state index in [4.69, 9.17) is 10.9 Å². The highest BCUT2D eigenvalue weighted by Crippen LogP contribution is 2.25. The molecule has 0 unspecified atom stereocenters. The first-order valence-electron chi connectivity index (χ1n) is 6.04. The topological polar surface area (TPSA) is 71.5 Å². The number of hydrogen-bond donors (Lipinski definition) is 2. The standard InChI is InChI=1S/C13H21N3OS/c1-8(2)5-6-18-13-11(12(14)16-17)9(3)7-10(4)15-13/h7-8,17H,5-6H2,1-4H3,(H2,14,16). The molecular formula is C13H21N3OS. The molecule has 1 heterocycles. The predicted octanol–water partition coefficient (Wildman–Crippen LogP) is 2.93. The Morgan fingerprint density at radius 3 is 2.72 bits per heavy atom. The number of aryl methyl sites for hydroxylation is 2. The van der Waals surface area contributed by atoms with E-state index in [0.29, 0.717) is 5.92 Å². The number of nitrogens with zero attached hydrogens (tertiary/aromatic N) is 2. The van der Waals surface area contributed by atoms with E-state index >= 15 is 0 Å². The summed E-state index contributed by atoms with van der Waals surface area (Å²) >= 11 is 1.66. The van der Waals surface area contributed by atoms with Crippen molar-refractivity contribution in [2.24, 2.45) is 16.8 Å². The van der Waals surface area contributed by atoms with Gasteiger partial charge in [-0.2, -0.15) is 0 Å². The highest BCUT2D eigenvalue weighted by Gasteiger charge is 2.13. The van der Waals surface area contributed by atoms with Crippen molar-refractivity contribution in [2.45, 2.75) is 39.1 Å². The maximum Gasteiger partial charge on any atom is 0.173 e. The monoisotopic (exact) mass is 267 g/mol. The smallest absolute Gasteiger partial charge is 0.173 e. The zero-order chi connectivity index (χ0) is 13.7. The third-order valence-corrected chi connectivity index (χ3v) is 3.62. The number of aromatic nitrogens is 1. The van der Waals surface area contributed by atoms with Crippen molar-refractivity contribution in [1.82, 2.24) is 4.98 Å². The van der Waals surface area contributed by atoms with Crippen LogP contribution in [-0.2, 0) is 0 Å². The van der Waals surface area contributed by atoms with Gasteiger partial charge in [0.25, 0.3) is 0 Å². The molecular weight excluding hydrogens is 246 g/mol. The van der Waals surface area contributed by atoms with Gasteiger partial charge in [-0.3, -0.25) is 0 Å². The van der Waals surface area contributed by atoms with Crippen molar-refractivity contribution in [3.63, 3.8) is 0 Å². The molecule has 0 amide bonds. The molecule has 0 aliphatic carbocycles. The van der Waals surface area contributed by atoms with Gasteiger partial charge in [0.1, 0.15) is 5.03 Å². The molecule has 0 aromatic carbocycles. The van der Waals surface area contributed by atoms with Gasteiger partial charge < -0.3 is 10.9 Å². The van der Waals surface area contributed by atoms with Gasteiger partial charge >= 0.3 is 0 Å². The summed E-state index contributed by atoms with van der Waals surface area (Å²) in [6.45, 7) is 8.30. The Balaban J connectivity index is 3.00. The summed E-state index contributed by atoms with van der Waals surface area (Å²) in [6, 6.07) is 1.94. The number of pyridine rings is 1.